The van der Waals surface area contributed by atoms with Crippen LogP contribution < -0.4 is 0 Å². The normalized spacial score (nSPS) is 20.7. The fourth-order valence-corrected chi connectivity index (χ4v) is 5.38. The number of nitrogens with zero attached hydrogens (tertiary/aromatic N) is 1. The van der Waals surface area contributed by atoms with Gasteiger partial charge in [0.2, 0.25) is 5.91 Å². The first-order valence-corrected chi connectivity index (χ1v) is 12.0. The number of aliphatic hydroxyl groups is 1. The molecule has 0 spiro atoms. The van der Waals surface area contributed by atoms with Crippen LogP contribution in [0.2, 0.25) is 0 Å². The fourth-order valence-electron chi connectivity index (χ4n) is 5.38. The zero-order valence-corrected chi connectivity index (χ0v) is 19.6. The van der Waals surface area contributed by atoms with Crippen LogP contribution in [-0.4, -0.2) is 47.7 Å². The highest BCUT2D eigenvalue weighted by Crippen LogP contribution is 2.44. The van der Waals surface area contributed by atoms with Crippen LogP contribution in [0.5, 0.6) is 0 Å². The second kappa shape index (κ2) is 10.5. The van der Waals surface area contributed by atoms with E-state index >= 15 is 0 Å². The Morgan fingerprint density at radius 3 is 2.50 bits per heavy atom. The summed E-state index contributed by atoms with van der Waals surface area (Å²) in [6.07, 6.45) is 8.81. The van der Waals surface area contributed by atoms with E-state index in [4.69, 9.17) is 4.74 Å². The number of likely N-dealkylation sites (tertiary alicyclic amines) is 1. The average molecular weight is 466 g/mol. The molecule has 2 aromatic rings. The van der Waals surface area contributed by atoms with Crippen molar-refractivity contribution < 1.29 is 23.8 Å². The van der Waals surface area contributed by atoms with E-state index in [0.717, 1.165) is 43.2 Å². The molecule has 0 bridgehead atoms. The van der Waals surface area contributed by atoms with E-state index < -0.39 is 11.5 Å². The van der Waals surface area contributed by atoms with Gasteiger partial charge < -0.3 is 14.7 Å². The molecule has 5 nitrogen and oxygen atoms in total. The minimum absolute atomic E-state index is 0.0526. The topological polar surface area (TPSA) is 66.8 Å². The molecule has 34 heavy (non-hydrogen) atoms. The second-order valence-electron chi connectivity index (χ2n) is 9.33. The summed E-state index contributed by atoms with van der Waals surface area (Å²) in [6.45, 7) is 0.574. The van der Waals surface area contributed by atoms with Gasteiger partial charge >= 0.3 is 5.97 Å². The molecule has 2 atom stereocenters. The second-order valence-corrected chi connectivity index (χ2v) is 9.33. The number of carbonyl (C=O) groups is 2. The lowest BCUT2D eigenvalue weighted by molar-refractivity contribution is -0.128. The summed E-state index contributed by atoms with van der Waals surface area (Å²) < 4.78 is 18.2. The van der Waals surface area contributed by atoms with E-state index in [1.165, 1.54) is 19.2 Å². The zero-order valence-electron chi connectivity index (χ0n) is 19.6. The van der Waals surface area contributed by atoms with E-state index in [1.54, 1.807) is 24.3 Å². The van der Waals surface area contributed by atoms with E-state index in [9.17, 15) is 19.1 Å². The van der Waals surface area contributed by atoms with E-state index in [0.29, 0.717) is 24.9 Å². The third kappa shape index (κ3) is 5.07. The van der Waals surface area contributed by atoms with Crippen molar-refractivity contribution in [3.8, 4) is 0 Å². The number of benzene rings is 2. The van der Waals surface area contributed by atoms with Crippen molar-refractivity contribution >= 4 is 11.9 Å². The number of hydrogen-bond acceptors (Lipinski definition) is 4. The lowest BCUT2D eigenvalue weighted by Crippen LogP contribution is -2.37. The standard InChI is InChI=1S/C28H32FNO4/c1-34-27(33)21-6-4-20(5-7-21)16-19-30-24(13-15-26(30)32)12-14-25(31)28(17-2-3-18-28)22-8-10-23(29)11-9-22/h4-12,14,24-25,31H,2-3,13,15-19H2,1H3/t24-,25?/m0/s1. The zero-order chi connectivity index (χ0) is 24.1. The van der Waals surface area contributed by atoms with Crippen LogP contribution in [0, 0.1) is 5.82 Å². The molecule has 1 aliphatic heterocycles. The first kappa shape index (κ1) is 24.1. The van der Waals surface area contributed by atoms with Gasteiger partial charge in [-0.05, 0) is 61.1 Å². The van der Waals surface area contributed by atoms with Gasteiger partial charge in [0.05, 0.1) is 24.8 Å². The Kier molecular flexibility index (Phi) is 7.47. The van der Waals surface area contributed by atoms with Crippen molar-refractivity contribution in [2.75, 3.05) is 13.7 Å². The number of hydrogen-bond donors (Lipinski definition) is 1. The molecule has 180 valence electrons. The lowest BCUT2D eigenvalue weighted by atomic mass is 9.74. The van der Waals surface area contributed by atoms with Gasteiger partial charge in [0, 0.05) is 18.4 Å². The number of aliphatic hydroxyl groups excluding tert-OH is 1. The number of esters is 1. The van der Waals surface area contributed by atoms with Crippen LogP contribution >= 0.6 is 0 Å². The predicted molar refractivity (Wildman–Crippen MR) is 128 cm³/mol. The van der Waals surface area contributed by atoms with E-state index in [2.05, 4.69) is 0 Å². The summed E-state index contributed by atoms with van der Waals surface area (Å²) in [7, 11) is 1.36. The first-order valence-electron chi connectivity index (χ1n) is 12.0. The highest BCUT2D eigenvalue weighted by Gasteiger charge is 2.41. The van der Waals surface area contributed by atoms with Crippen molar-refractivity contribution in [1.82, 2.24) is 4.90 Å². The number of methoxy groups -OCH3 is 1. The molecule has 1 saturated heterocycles. The molecule has 6 heteroatoms. The number of carbonyl (C=O) groups excluding carboxylic acids is 2. The first-order chi connectivity index (χ1) is 16.4. The lowest BCUT2D eigenvalue weighted by Gasteiger charge is -2.34. The third-order valence-corrected chi connectivity index (χ3v) is 7.39. The summed E-state index contributed by atoms with van der Waals surface area (Å²) in [6, 6.07) is 13.7. The Morgan fingerprint density at radius 2 is 1.85 bits per heavy atom. The van der Waals surface area contributed by atoms with Gasteiger partial charge in [-0.1, -0.05) is 49.3 Å². The monoisotopic (exact) mass is 465 g/mol. The van der Waals surface area contributed by atoms with Crippen LogP contribution in [0.1, 0.15) is 60.0 Å². The molecule has 1 heterocycles. The molecular weight excluding hydrogens is 433 g/mol. The highest BCUT2D eigenvalue weighted by molar-refractivity contribution is 5.89. The van der Waals surface area contributed by atoms with Crippen LogP contribution in [-0.2, 0) is 21.4 Å². The molecule has 1 aliphatic carbocycles. The van der Waals surface area contributed by atoms with Gasteiger partial charge in [-0.25, -0.2) is 9.18 Å². The average Bonchev–Trinajstić information content (AvgIpc) is 3.49. The quantitative estimate of drug-likeness (QED) is 0.458. The number of halogens is 1. The fraction of sp³-hybridized carbons (Fsp3) is 0.429. The van der Waals surface area contributed by atoms with E-state index in [1.807, 2.05) is 29.2 Å². The summed E-state index contributed by atoms with van der Waals surface area (Å²) in [5, 5.41) is 11.2. The minimum atomic E-state index is -0.691. The summed E-state index contributed by atoms with van der Waals surface area (Å²) in [5.74, 6) is -0.530. The number of rotatable bonds is 8. The smallest absolute Gasteiger partial charge is 0.337 e. The molecule has 0 aromatic heterocycles. The molecule has 0 radical (unpaired) electrons. The molecule has 1 saturated carbocycles. The summed E-state index contributed by atoms with van der Waals surface area (Å²) in [4.78, 5) is 26.0. The molecule has 1 N–H and O–H groups in total. The van der Waals surface area contributed by atoms with Crippen LogP contribution in [0.15, 0.2) is 60.7 Å². The molecule has 1 unspecified atom stereocenters. The van der Waals surface area contributed by atoms with Crippen molar-refractivity contribution in [3.05, 3.63) is 83.2 Å². The highest BCUT2D eigenvalue weighted by atomic mass is 19.1. The SMILES string of the molecule is COC(=O)c1ccc(CCN2C(=O)CC[C@@H]2C=CC(O)C2(c3ccc(F)cc3)CCCC2)cc1. The van der Waals surface area contributed by atoms with Crippen LogP contribution in [0.3, 0.4) is 0 Å². The Bertz CT molecular complexity index is 1030. The van der Waals surface area contributed by atoms with Crippen molar-refractivity contribution in [1.29, 1.82) is 0 Å². The molecule has 2 fully saturated rings. The third-order valence-electron chi connectivity index (χ3n) is 7.39. The summed E-state index contributed by atoms with van der Waals surface area (Å²) >= 11 is 0. The van der Waals surface area contributed by atoms with Crippen molar-refractivity contribution in [2.24, 2.45) is 0 Å². The molecular formula is C28H32FNO4. The van der Waals surface area contributed by atoms with Crippen molar-refractivity contribution in [2.45, 2.75) is 62.5 Å². The van der Waals surface area contributed by atoms with Gasteiger partial charge in [0.25, 0.3) is 0 Å². The maximum Gasteiger partial charge on any atom is 0.337 e. The number of amides is 1. The van der Waals surface area contributed by atoms with Gasteiger partial charge in [-0.3, -0.25) is 4.79 Å². The van der Waals surface area contributed by atoms with Gasteiger partial charge in [-0.2, -0.15) is 0 Å². The maximum atomic E-state index is 13.5. The predicted octanol–water partition coefficient (Wildman–Crippen LogP) is 4.57. The Balaban J connectivity index is 1.42. The molecule has 1 amide bonds. The maximum absolute atomic E-state index is 13.5. The molecule has 4 rings (SSSR count). The van der Waals surface area contributed by atoms with Crippen LogP contribution in [0.4, 0.5) is 4.39 Å². The molecule has 2 aliphatic rings. The summed E-state index contributed by atoms with van der Waals surface area (Å²) in [5.41, 5.74) is 2.11. The number of ether oxygens (including phenoxy) is 1. The molecule has 2 aromatic carbocycles. The van der Waals surface area contributed by atoms with Gasteiger partial charge in [-0.15, -0.1) is 0 Å². The Hall–Kier alpha value is -2.99. The van der Waals surface area contributed by atoms with Gasteiger partial charge in [0.1, 0.15) is 5.82 Å². The largest absolute Gasteiger partial charge is 0.465 e. The minimum Gasteiger partial charge on any atom is -0.465 e. The van der Waals surface area contributed by atoms with E-state index in [-0.39, 0.29) is 23.7 Å². The van der Waals surface area contributed by atoms with Crippen molar-refractivity contribution in [3.63, 3.8) is 0 Å². The Morgan fingerprint density at radius 1 is 1.18 bits per heavy atom. The Labute approximate surface area is 200 Å². The van der Waals surface area contributed by atoms with Crippen LogP contribution in [0.25, 0.3) is 0 Å². The van der Waals surface area contributed by atoms with Gasteiger partial charge in [0.15, 0.2) is 0 Å².